The molecule has 0 radical (unpaired) electrons. The molecular weight excluding hydrogens is 328 g/mol. The van der Waals surface area contributed by atoms with Crippen LogP contribution in [0.3, 0.4) is 0 Å². The van der Waals surface area contributed by atoms with E-state index >= 15 is 0 Å². The van der Waals surface area contributed by atoms with Crippen LogP contribution in [0.15, 0.2) is 24.3 Å². The minimum atomic E-state index is -0.627. The van der Waals surface area contributed by atoms with Crippen molar-refractivity contribution in [3.05, 3.63) is 29.8 Å². The van der Waals surface area contributed by atoms with Crippen LogP contribution in [0.1, 0.15) is 79.2 Å². The smallest absolute Gasteiger partial charge is 0.306 e. The maximum absolute atomic E-state index is 12.1. The van der Waals surface area contributed by atoms with Gasteiger partial charge in [-0.25, -0.2) is 0 Å². The molecule has 1 aromatic rings. The van der Waals surface area contributed by atoms with Crippen LogP contribution in [0.4, 0.5) is 0 Å². The number of unbranched alkanes of at least 4 members (excludes halogenated alkanes) is 2. The van der Waals surface area contributed by atoms with Crippen molar-refractivity contribution >= 4 is 5.97 Å². The van der Waals surface area contributed by atoms with E-state index in [1.165, 1.54) is 0 Å². The minimum absolute atomic E-state index is 0.154. The van der Waals surface area contributed by atoms with E-state index in [-0.39, 0.29) is 12.1 Å². The van der Waals surface area contributed by atoms with Crippen LogP contribution in [-0.2, 0) is 16.0 Å². The molecule has 0 unspecified atom stereocenters. The molecule has 0 saturated heterocycles. The molecule has 1 rings (SSSR count). The van der Waals surface area contributed by atoms with E-state index < -0.39 is 11.2 Å². The lowest BCUT2D eigenvalue weighted by molar-refractivity contribution is -0.156. The SMILES string of the molecule is CC(C)Oc1ccc(CC(C)(C)OC(=O)CCCCCC(C)(C)O)cc1. The molecule has 1 N–H and O–H groups in total. The summed E-state index contributed by atoms with van der Waals surface area (Å²) in [6.07, 6.45) is 4.65. The van der Waals surface area contributed by atoms with Gasteiger partial charge in [0.05, 0.1) is 11.7 Å². The van der Waals surface area contributed by atoms with Gasteiger partial charge in [0.25, 0.3) is 0 Å². The molecular formula is C22H36O4. The molecule has 0 aliphatic heterocycles. The standard InChI is InChI=1S/C22H36O4/c1-17(2)25-19-13-11-18(12-14-19)16-22(5,6)26-20(23)10-8-7-9-15-21(3,4)24/h11-14,17,24H,7-10,15-16H2,1-6H3. The summed E-state index contributed by atoms with van der Waals surface area (Å²) >= 11 is 0. The molecule has 1 aromatic carbocycles. The molecule has 148 valence electrons. The van der Waals surface area contributed by atoms with Crippen LogP contribution < -0.4 is 4.74 Å². The average Bonchev–Trinajstić information content (AvgIpc) is 2.46. The van der Waals surface area contributed by atoms with Gasteiger partial charge in [0.2, 0.25) is 0 Å². The Kier molecular flexibility index (Phi) is 8.61. The summed E-state index contributed by atoms with van der Waals surface area (Å²) in [4.78, 5) is 12.1. The third-order valence-electron chi connectivity index (χ3n) is 3.98. The first kappa shape index (κ1) is 22.5. The van der Waals surface area contributed by atoms with Gasteiger partial charge in [-0.05, 0) is 72.1 Å². The van der Waals surface area contributed by atoms with Gasteiger partial charge >= 0.3 is 5.97 Å². The Hall–Kier alpha value is -1.55. The molecule has 26 heavy (non-hydrogen) atoms. The summed E-state index contributed by atoms with van der Waals surface area (Å²) in [6, 6.07) is 7.94. The summed E-state index contributed by atoms with van der Waals surface area (Å²) in [5, 5.41) is 9.68. The number of esters is 1. The normalized spacial score (nSPS) is 12.3. The molecule has 0 aromatic heterocycles. The van der Waals surface area contributed by atoms with Crippen LogP contribution in [0.2, 0.25) is 0 Å². The van der Waals surface area contributed by atoms with Gasteiger partial charge in [0.15, 0.2) is 0 Å². The van der Waals surface area contributed by atoms with Crippen molar-refractivity contribution in [1.82, 2.24) is 0 Å². The van der Waals surface area contributed by atoms with E-state index in [0.717, 1.165) is 37.0 Å². The van der Waals surface area contributed by atoms with E-state index in [0.29, 0.717) is 12.8 Å². The predicted octanol–water partition coefficient (Wildman–Crippen LogP) is 5.06. The first-order valence-electron chi connectivity index (χ1n) is 9.67. The number of carbonyl (C=O) groups excluding carboxylic acids is 1. The number of rotatable bonds is 11. The topological polar surface area (TPSA) is 55.8 Å². The van der Waals surface area contributed by atoms with Gasteiger partial charge < -0.3 is 14.6 Å². The van der Waals surface area contributed by atoms with Crippen molar-refractivity contribution in [3.63, 3.8) is 0 Å². The maximum atomic E-state index is 12.1. The van der Waals surface area contributed by atoms with E-state index in [9.17, 15) is 9.90 Å². The monoisotopic (exact) mass is 364 g/mol. The second-order valence-corrected chi connectivity index (χ2v) is 8.59. The van der Waals surface area contributed by atoms with Crippen molar-refractivity contribution in [2.45, 2.75) is 97.4 Å². The number of aliphatic hydroxyl groups is 1. The van der Waals surface area contributed by atoms with Crippen LogP contribution in [0.25, 0.3) is 0 Å². The predicted molar refractivity (Wildman–Crippen MR) is 105 cm³/mol. The molecule has 0 aliphatic rings. The first-order chi connectivity index (χ1) is 12.0. The van der Waals surface area contributed by atoms with Gasteiger partial charge in [0.1, 0.15) is 11.4 Å². The van der Waals surface area contributed by atoms with Crippen LogP contribution in [-0.4, -0.2) is 28.4 Å². The lowest BCUT2D eigenvalue weighted by Crippen LogP contribution is -2.30. The maximum Gasteiger partial charge on any atom is 0.306 e. The lowest BCUT2D eigenvalue weighted by Gasteiger charge is -2.25. The van der Waals surface area contributed by atoms with E-state index in [4.69, 9.17) is 9.47 Å². The highest BCUT2D eigenvalue weighted by atomic mass is 16.6. The Morgan fingerprint density at radius 3 is 2.19 bits per heavy atom. The molecule has 0 aliphatic carbocycles. The van der Waals surface area contributed by atoms with Crippen LogP contribution >= 0.6 is 0 Å². The molecule has 0 heterocycles. The highest BCUT2D eigenvalue weighted by Crippen LogP contribution is 2.21. The zero-order valence-corrected chi connectivity index (χ0v) is 17.3. The average molecular weight is 365 g/mol. The quantitative estimate of drug-likeness (QED) is 0.440. The molecule has 0 atom stereocenters. The third-order valence-corrected chi connectivity index (χ3v) is 3.98. The zero-order chi connectivity index (χ0) is 19.8. The summed E-state index contributed by atoms with van der Waals surface area (Å²) in [6.45, 7) is 11.5. The Bertz CT molecular complexity index is 538. The van der Waals surface area contributed by atoms with Gasteiger partial charge in [0, 0.05) is 12.8 Å². The highest BCUT2D eigenvalue weighted by Gasteiger charge is 2.23. The Morgan fingerprint density at radius 2 is 1.65 bits per heavy atom. The third kappa shape index (κ3) is 10.4. The molecule has 4 nitrogen and oxygen atoms in total. The summed E-state index contributed by atoms with van der Waals surface area (Å²) in [5.74, 6) is 0.697. The second-order valence-electron chi connectivity index (χ2n) is 8.59. The van der Waals surface area contributed by atoms with E-state index in [1.807, 2.05) is 65.8 Å². The van der Waals surface area contributed by atoms with Crippen LogP contribution in [0.5, 0.6) is 5.75 Å². The zero-order valence-electron chi connectivity index (χ0n) is 17.3. The highest BCUT2D eigenvalue weighted by molar-refractivity contribution is 5.69. The summed E-state index contributed by atoms with van der Waals surface area (Å²) in [7, 11) is 0. The van der Waals surface area contributed by atoms with E-state index in [1.54, 1.807) is 0 Å². The molecule has 0 spiro atoms. The summed E-state index contributed by atoms with van der Waals surface area (Å²) < 4.78 is 11.3. The number of benzene rings is 1. The van der Waals surface area contributed by atoms with Gasteiger partial charge in [-0.15, -0.1) is 0 Å². The number of hydrogen-bond donors (Lipinski definition) is 1. The van der Waals surface area contributed by atoms with E-state index in [2.05, 4.69) is 0 Å². The van der Waals surface area contributed by atoms with Gasteiger partial charge in [-0.1, -0.05) is 25.0 Å². The lowest BCUT2D eigenvalue weighted by atomic mass is 9.98. The molecule has 0 bridgehead atoms. The fourth-order valence-electron chi connectivity index (χ4n) is 2.85. The van der Waals surface area contributed by atoms with Crippen molar-refractivity contribution in [2.24, 2.45) is 0 Å². The number of carbonyl (C=O) groups is 1. The van der Waals surface area contributed by atoms with Crippen molar-refractivity contribution in [1.29, 1.82) is 0 Å². The second kappa shape index (κ2) is 9.96. The Labute approximate surface area is 158 Å². The number of ether oxygens (including phenoxy) is 2. The molecule has 0 fully saturated rings. The van der Waals surface area contributed by atoms with Crippen LogP contribution in [0, 0.1) is 0 Å². The summed E-state index contributed by atoms with van der Waals surface area (Å²) in [5.41, 5.74) is -0.0489. The number of hydrogen-bond acceptors (Lipinski definition) is 4. The largest absolute Gasteiger partial charge is 0.491 e. The molecule has 0 amide bonds. The van der Waals surface area contributed by atoms with Gasteiger partial charge in [-0.3, -0.25) is 4.79 Å². The fourth-order valence-corrected chi connectivity index (χ4v) is 2.85. The molecule has 0 saturated carbocycles. The van der Waals surface area contributed by atoms with Crippen molar-refractivity contribution < 1.29 is 19.4 Å². The molecule has 4 heteroatoms. The van der Waals surface area contributed by atoms with Crippen molar-refractivity contribution in [3.8, 4) is 5.75 Å². The Morgan fingerprint density at radius 1 is 1.04 bits per heavy atom. The van der Waals surface area contributed by atoms with Gasteiger partial charge in [-0.2, -0.15) is 0 Å². The van der Waals surface area contributed by atoms with Crippen molar-refractivity contribution in [2.75, 3.05) is 0 Å². The first-order valence-corrected chi connectivity index (χ1v) is 9.67. The minimum Gasteiger partial charge on any atom is -0.491 e. The Balaban J connectivity index is 2.37. The fraction of sp³-hybridized carbons (Fsp3) is 0.682.